The van der Waals surface area contributed by atoms with E-state index in [4.69, 9.17) is 4.74 Å². The van der Waals surface area contributed by atoms with Crippen LogP contribution in [0.15, 0.2) is 47.4 Å². The maximum Gasteiger partial charge on any atom is 0.243 e. The van der Waals surface area contributed by atoms with Gasteiger partial charge in [0.05, 0.1) is 12.0 Å². The molecule has 0 radical (unpaired) electrons. The highest BCUT2D eigenvalue weighted by Crippen LogP contribution is 2.35. The zero-order valence-electron chi connectivity index (χ0n) is 13.6. The van der Waals surface area contributed by atoms with Crippen LogP contribution >= 0.6 is 0 Å². The van der Waals surface area contributed by atoms with Gasteiger partial charge in [0.1, 0.15) is 5.75 Å². The fourth-order valence-corrected chi connectivity index (χ4v) is 5.05. The molecule has 1 atom stereocenters. The molecule has 4 nitrogen and oxygen atoms in total. The molecule has 0 aromatic heterocycles. The Morgan fingerprint density at radius 2 is 1.91 bits per heavy atom. The molecule has 3 rings (SSSR count). The molecule has 0 N–H and O–H groups in total. The van der Waals surface area contributed by atoms with Crippen LogP contribution in [-0.4, -0.2) is 26.4 Å². The van der Waals surface area contributed by atoms with Crippen LogP contribution in [-0.2, 0) is 16.4 Å². The highest BCUT2D eigenvalue weighted by molar-refractivity contribution is 7.89. The summed E-state index contributed by atoms with van der Waals surface area (Å²) in [5, 5.41) is 0. The topological polar surface area (TPSA) is 46.6 Å². The van der Waals surface area contributed by atoms with Crippen LogP contribution in [0.2, 0.25) is 0 Å². The van der Waals surface area contributed by atoms with Crippen molar-refractivity contribution < 1.29 is 13.2 Å². The summed E-state index contributed by atoms with van der Waals surface area (Å²) in [6, 6.07) is 12.8. The zero-order valence-corrected chi connectivity index (χ0v) is 14.4. The summed E-state index contributed by atoms with van der Waals surface area (Å²) in [7, 11) is -1.86. The van der Waals surface area contributed by atoms with Crippen LogP contribution in [0, 0.1) is 6.92 Å². The number of hydrogen-bond donors (Lipinski definition) is 0. The lowest BCUT2D eigenvalue weighted by molar-refractivity contribution is 0.325. The van der Waals surface area contributed by atoms with E-state index in [0.29, 0.717) is 17.9 Å². The summed E-state index contributed by atoms with van der Waals surface area (Å²) >= 11 is 0. The molecule has 0 saturated heterocycles. The predicted molar refractivity (Wildman–Crippen MR) is 90.2 cm³/mol. The molecule has 23 heavy (non-hydrogen) atoms. The Balaban J connectivity index is 2.00. The molecule has 0 spiro atoms. The molecule has 0 bridgehead atoms. The number of nitrogens with zero attached hydrogens (tertiary/aromatic N) is 1. The fourth-order valence-electron chi connectivity index (χ4n) is 3.21. The molecule has 122 valence electrons. The van der Waals surface area contributed by atoms with Crippen molar-refractivity contribution in [3.8, 4) is 5.75 Å². The summed E-state index contributed by atoms with van der Waals surface area (Å²) in [6.45, 7) is 4.26. The van der Waals surface area contributed by atoms with E-state index in [1.54, 1.807) is 23.5 Å². The maximum absolute atomic E-state index is 13.1. The molecular formula is C18H21NO3S. The third-order valence-electron chi connectivity index (χ3n) is 4.51. The molecule has 1 aliphatic rings. The number of benzene rings is 2. The van der Waals surface area contributed by atoms with Gasteiger partial charge in [-0.3, -0.25) is 0 Å². The Labute approximate surface area is 137 Å². The van der Waals surface area contributed by atoms with Crippen molar-refractivity contribution in [3.63, 3.8) is 0 Å². The van der Waals surface area contributed by atoms with Crippen molar-refractivity contribution in [2.24, 2.45) is 0 Å². The third kappa shape index (κ3) is 2.75. The average molecular weight is 331 g/mol. The van der Waals surface area contributed by atoms with Crippen LogP contribution < -0.4 is 4.74 Å². The van der Waals surface area contributed by atoms with E-state index in [-0.39, 0.29) is 6.04 Å². The molecule has 0 amide bonds. The summed E-state index contributed by atoms with van der Waals surface area (Å²) in [5.41, 5.74) is 2.99. The van der Waals surface area contributed by atoms with Crippen molar-refractivity contribution in [2.45, 2.75) is 31.2 Å². The molecule has 5 heteroatoms. The highest BCUT2D eigenvalue weighted by atomic mass is 32.2. The first-order chi connectivity index (χ1) is 10.9. The summed E-state index contributed by atoms with van der Waals surface area (Å²) in [6.07, 6.45) is 0.696. The molecule has 1 heterocycles. The highest BCUT2D eigenvalue weighted by Gasteiger charge is 2.34. The minimum atomic E-state index is -3.50. The lowest BCUT2D eigenvalue weighted by Crippen LogP contribution is -2.39. The van der Waals surface area contributed by atoms with Crippen LogP contribution in [0.25, 0.3) is 0 Å². The molecule has 0 saturated carbocycles. The Bertz CT molecular complexity index is 830. The van der Waals surface area contributed by atoms with Crippen LogP contribution in [0.5, 0.6) is 5.75 Å². The number of rotatable bonds is 3. The molecule has 0 aliphatic carbocycles. The van der Waals surface area contributed by atoms with Crippen LogP contribution in [0.1, 0.15) is 29.7 Å². The quantitative estimate of drug-likeness (QED) is 0.867. The largest absolute Gasteiger partial charge is 0.497 e. The predicted octanol–water partition coefficient (Wildman–Crippen LogP) is 3.31. The first kappa shape index (κ1) is 16.0. The van der Waals surface area contributed by atoms with Crippen molar-refractivity contribution in [3.05, 3.63) is 59.2 Å². The van der Waals surface area contributed by atoms with E-state index >= 15 is 0 Å². The van der Waals surface area contributed by atoms with Gasteiger partial charge in [0.2, 0.25) is 10.0 Å². The van der Waals surface area contributed by atoms with Crippen molar-refractivity contribution in [1.29, 1.82) is 0 Å². The lowest BCUT2D eigenvalue weighted by atomic mass is 9.95. The van der Waals surface area contributed by atoms with Gasteiger partial charge in [0, 0.05) is 12.6 Å². The number of sulfonamides is 1. The monoisotopic (exact) mass is 331 g/mol. The second-order valence-electron chi connectivity index (χ2n) is 5.87. The summed E-state index contributed by atoms with van der Waals surface area (Å²) in [5.74, 6) is 0.811. The third-order valence-corrected chi connectivity index (χ3v) is 6.64. The van der Waals surface area contributed by atoms with Gasteiger partial charge in [0.15, 0.2) is 0 Å². The first-order valence-electron chi connectivity index (χ1n) is 7.69. The minimum absolute atomic E-state index is 0.186. The molecule has 1 unspecified atom stereocenters. The van der Waals surface area contributed by atoms with Gasteiger partial charge in [-0.1, -0.05) is 24.3 Å². The molecule has 2 aromatic carbocycles. The molecule has 1 aliphatic heterocycles. The number of methoxy groups -OCH3 is 1. The van der Waals surface area contributed by atoms with Gasteiger partial charge in [-0.25, -0.2) is 8.42 Å². The number of ether oxygens (including phenoxy) is 1. The van der Waals surface area contributed by atoms with E-state index in [1.165, 1.54) is 0 Å². The first-order valence-corrected chi connectivity index (χ1v) is 9.13. The van der Waals surface area contributed by atoms with Crippen molar-refractivity contribution in [2.75, 3.05) is 13.7 Å². The number of fused-ring (bicyclic) bond motifs is 1. The van der Waals surface area contributed by atoms with Gasteiger partial charge in [-0.15, -0.1) is 0 Å². The number of hydrogen-bond acceptors (Lipinski definition) is 3. The smallest absolute Gasteiger partial charge is 0.243 e. The Hall–Kier alpha value is -1.85. The van der Waals surface area contributed by atoms with E-state index in [9.17, 15) is 8.42 Å². The SMILES string of the molecule is COc1ccc2c(c1)CCN(S(=O)(=O)c1ccccc1C)C2C. The van der Waals surface area contributed by atoms with E-state index < -0.39 is 10.0 Å². The number of aryl methyl sites for hydroxylation is 1. The molecule has 0 fully saturated rings. The lowest BCUT2D eigenvalue weighted by Gasteiger charge is -2.34. The Kier molecular flexibility index (Phi) is 4.17. The normalized spacial score (nSPS) is 18.5. The average Bonchev–Trinajstić information content (AvgIpc) is 2.54. The van der Waals surface area contributed by atoms with E-state index in [2.05, 4.69) is 0 Å². The summed E-state index contributed by atoms with van der Waals surface area (Å²) in [4.78, 5) is 0.392. The van der Waals surface area contributed by atoms with Gasteiger partial charge in [-0.05, 0) is 55.2 Å². The second-order valence-corrected chi connectivity index (χ2v) is 7.73. The standard InChI is InChI=1S/C18H21NO3S/c1-13-6-4-5-7-18(13)23(20,21)19-11-10-15-12-16(22-3)8-9-17(15)14(19)2/h4-9,12,14H,10-11H2,1-3H3. The van der Waals surface area contributed by atoms with E-state index in [1.807, 2.05) is 44.2 Å². The second kappa shape index (κ2) is 5.98. The van der Waals surface area contributed by atoms with Gasteiger partial charge in [-0.2, -0.15) is 4.31 Å². The van der Waals surface area contributed by atoms with Gasteiger partial charge < -0.3 is 4.74 Å². The van der Waals surface area contributed by atoms with Gasteiger partial charge in [0.25, 0.3) is 0 Å². The maximum atomic E-state index is 13.1. The van der Waals surface area contributed by atoms with Crippen molar-refractivity contribution in [1.82, 2.24) is 4.31 Å². The van der Waals surface area contributed by atoms with Crippen LogP contribution in [0.4, 0.5) is 0 Å². The minimum Gasteiger partial charge on any atom is -0.497 e. The van der Waals surface area contributed by atoms with Crippen molar-refractivity contribution >= 4 is 10.0 Å². The Morgan fingerprint density at radius 3 is 2.61 bits per heavy atom. The molecule has 2 aromatic rings. The van der Waals surface area contributed by atoms with Gasteiger partial charge >= 0.3 is 0 Å². The van der Waals surface area contributed by atoms with Crippen LogP contribution in [0.3, 0.4) is 0 Å². The fraction of sp³-hybridized carbons (Fsp3) is 0.333. The van der Waals surface area contributed by atoms with E-state index in [0.717, 1.165) is 22.4 Å². The zero-order chi connectivity index (χ0) is 16.6. The molecular weight excluding hydrogens is 310 g/mol. The Morgan fingerprint density at radius 1 is 1.17 bits per heavy atom. The summed E-state index contributed by atoms with van der Waals surface area (Å²) < 4.78 is 33.0.